The van der Waals surface area contributed by atoms with Gasteiger partial charge in [-0.15, -0.1) is 6.42 Å². The van der Waals surface area contributed by atoms with Gasteiger partial charge in [-0.2, -0.15) is 4.99 Å². The van der Waals surface area contributed by atoms with Crippen molar-refractivity contribution in [3.05, 3.63) is 0 Å². The zero-order valence-corrected chi connectivity index (χ0v) is 6.80. The standard InChI is InChI=1S/C6H5NOS2/c1-2-3-9-6-7-5(8)4-10-6/h1H,3-4H2. The molecule has 0 aliphatic carbocycles. The van der Waals surface area contributed by atoms with Crippen LogP contribution in [0.2, 0.25) is 0 Å². The molecule has 0 N–H and O–H groups in total. The topological polar surface area (TPSA) is 29.4 Å². The minimum absolute atomic E-state index is 0.0514. The number of aliphatic imine (C=N–C) groups is 1. The summed E-state index contributed by atoms with van der Waals surface area (Å²) >= 11 is 2.90. The molecule has 0 aromatic heterocycles. The smallest absolute Gasteiger partial charge is 0.257 e. The molecule has 1 aliphatic rings. The number of carbonyl (C=O) groups is 1. The molecule has 4 heteroatoms. The predicted molar refractivity (Wildman–Crippen MR) is 46.2 cm³/mol. The van der Waals surface area contributed by atoms with Crippen molar-refractivity contribution in [1.82, 2.24) is 0 Å². The minimum atomic E-state index is -0.0514. The van der Waals surface area contributed by atoms with Gasteiger partial charge in [0.25, 0.3) is 5.91 Å². The lowest BCUT2D eigenvalue weighted by molar-refractivity contribution is -0.115. The van der Waals surface area contributed by atoms with Gasteiger partial charge in [0.1, 0.15) is 4.38 Å². The Morgan fingerprint density at radius 1 is 1.90 bits per heavy atom. The molecular weight excluding hydrogens is 166 g/mol. The van der Waals surface area contributed by atoms with Crippen LogP contribution in [0.1, 0.15) is 0 Å². The maximum atomic E-state index is 10.5. The van der Waals surface area contributed by atoms with E-state index in [1.807, 2.05) is 0 Å². The Bertz CT molecular complexity index is 216. The summed E-state index contributed by atoms with van der Waals surface area (Å²) < 4.78 is 0.808. The molecule has 1 amide bonds. The second-order valence-corrected chi connectivity index (χ2v) is 3.74. The molecule has 0 saturated heterocycles. The Hall–Kier alpha value is -0.400. The summed E-state index contributed by atoms with van der Waals surface area (Å²) in [5.41, 5.74) is 0. The molecule has 0 radical (unpaired) electrons. The fourth-order valence-electron chi connectivity index (χ4n) is 0.467. The molecule has 52 valence electrons. The van der Waals surface area contributed by atoms with E-state index in [4.69, 9.17) is 6.42 Å². The Kier molecular flexibility index (Phi) is 2.84. The van der Waals surface area contributed by atoms with Crippen molar-refractivity contribution in [2.45, 2.75) is 0 Å². The highest BCUT2D eigenvalue weighted by Gasteiger charge is 2.13. The van der Waals surface area contributed by atoms with Crippen molar-refractivity contribution >= 4 is 33.8 Å². The third-order valence-electron chi connectivity index (χ3n) is 0.814. The number of rotatable bonds is 1. The van der Waals surface area contributed by atoms with E-state index in [2.05, 4.69) is 10.9 Å². The van der Waals surface area contributed by atoms with E-state index < -0.39 is 0 Å². The molecule has 0 atom stereocenters. The van der Waals surface area contributed by atoms with Gasteiger partial charge in [-0.3, -0.25) is 4.79 Å². The molecule has 0 saturated carbocycles. The Morgan fingerprint density at radius 2 is 2.70 bits per heavy atom. The first kappa shape index (κ1) is 7.70. The van der Waals surface area contributed by atoms with Crippen LogP contribution >= 0.6 is 23.5 Å². The predicted octanol–water partition coefficient (Wildman–Crippen LogP) is 0.982. The molecule has 2 nitrogen and oxygen atoms in total. The van der Waals surface area contributed by atoms with E-state index in [0.717, 1.165) is 4.38 Å². The first-order valence-corrected chi connectivity index (χ1v) is 4.60. The van der Waals surface area contributed by atoms with Crippen LogP contribution in [0.15, 0.2) is 4.99 Å². The lowest BCUT2D eigenvalue weighted by Gasteiger charge is -1.89. The van der Waals surface area contributed by atoms with Gasteiger partial charge in [0.05, 0.1) is 11.5 Å². The van der Waals surface area contributed by atoms with Gasteiger partial charge in [-0.05, 0) is 0 Å². The van der Waals surface area contributed by atoms with E-state index in [9.17, 15) is 4.79 Å². The second-order valence-electron chi connectivity index (χ2n) is 1.55. The number of terminal acetylenes is 1. The van der Waals surface area contributed by atoms with E-state index in [-0.39, 0.29) is 5.91 Å². The van der Waals surface area contributed by atoms with Crippen molar-refractivity contribution in [1.29, 1.82) is 0 Å². The first-order chi connectivity index (χ1) is 4.83. The lowest BCUT2D eigenvalue weighted by atomic mass is 10.8. The third-order valence-corrected chi connectivity index (χ3v) is 2.90. The highest BCUT2D eigenvalue weighted by Crippen LogP contribution is 2.21. The third kappa shape index (κ3) is 2.09. The number of thioether (sulfide) groups is 2. The van der Waals surface area contributed by atoms with Crippen molar-refractivity contribution < 1.29 is 4.79 Å². The Morgan fingerprint density at radius 3 is 3.20 bits per heavy atom. The van der Waals surface area contributed by atoms with Gasteiger partial charge in [-0.1, -0.05) is 29.4 Å². The molecule has 0 spiro atoms. The van der Waals surface area contributed by atoms with E-state index in [1.165, 1.54) is 23.5 Å². The van der Waals surface area contributed by atoms with Crippen LogP contribution in [0.4, 0.5) is 0 Å². The summed E-state index contributed by atoms with van der Waals surface area (Å²) in [6.07, 6.45) is 5.02. The summed E-state index contributed by atoms with van der Waals surface area (Å²) in [5, 5.41) is 0. The monoisotopic (exact) mass is 171 g/mol. The van der Waals surface area contributed by atoms with Crippen molar-refractivity contribution in [3.63, 3.8) is 0 Å². The Balaban J connectivity index is 2.37. The van der Waals surface area contributed by atoms with Crippen LogP contribution in [-0.2, 0) is 4.79 Å². The van der Waals surface area contributed by atoms with Crippen LogP contribution in [0.25, 0.3) is 0 Å². The molecule has 0 unspecified atom stereocenters. The van der Waals surface area contributed by atoms with Crippen LogP contribution in [0.5, 0.6) is 0 Å². The second kappa shape index (κ2) is 3.69. The minimum Gasteiger partial charge on any atom is -0.272 e. The summed E-state index contributed by atoms with van der Waals surface area (Å²) in [4.78, 5) is 14.3. The summed E-state index contributed by atoms with van der Waals surface area (Å²) in [6, 6.07) is 0. The van der Waals surface area contributed by atoms with Gasteiger partial charge >= 0.3 is 0 Å². The number of nitrogens with zero attached hydrogens (tertiary/aromatic N) is 1. The molecule has 0 fully saturated rings. The first-order valence-electron chi connectivity index (χ1n) is 2.63. The highest BCUT2D eigenvalue weighted by molar-refractivity contribution is 8.39. The summed E-state index contributed by atoms with van der Waals surface area (Å²) in [5.74, 6) is 3.49. The quantitative estimate of drug-likeness (QED) is 0.551. The van der Waals surface area contributed by atoms with Gasteiger partial charge < -0.3 is 0 Å². The van der Waals surface area contributed by atoms with Crippen LogP contribution in [-0.4, -0.2) is 21.8 Å². The van der Waals surface area contributed by atoms with E-state index >= 15 is 0 Å². The van der Waals surface area contributed by atoms with Crippen LogP contribution < -0.4 is 0 Å². The number of hydrogen-bond donors (Lipinski definition) is 0. The maximum absolute atomic E-state index is 10.5. The van der Waals surface area contributed by atoms with Crippen LogP contribution in [0, 0.1) is 12.3 Å². The molecule has 10 heavy (non-hydrogen) atoms. The fourth-order valence-corrected chi connectivity index (χ4v) is 2.01. The van der Waals surface area contributed by atoms with Gasteiger partial charge in [0.2, 0.25) is 0 Å². The SMILES string of the molecule is C#CCSC1=NC(=O)CS1. The largest absolute Gasteiger partial charge is 0.272 e. The average molecular weight is 171 g/mol. The normalized spacial score (nSPS) is 16.7. The van der Waals surface area contributed by atoms with Crippen LogP contribution in [0.3, 0.4) is 0 Å². The fraction of sp³-hybridized carbons (Fsp3) is 0.333. The molecule has 1 rings (SSSR count). The van der Waals surface area contributed by atoms with Gasteiger partial charge in [-0.25, -0.2) is 0 Å². The lowest BCUT2D eigenvalue weighted by Crippen LogP contribution is -1.86. The number of carbonyl (C=O) groups excluding carboxylic acids is 1. The summed E-state index contributed by atoms with van der Waals surface area (Å²) in [7, 11) is 0. The molecule has 1 heterocycles. The average Bonchev–Trinajstić information content (AvgIpc) is 2.31. The molecule has 0 aromatic carbocycles. The van der Waals surface area contributed by atoms with Gasteiger partial charge in [0, 0.05) is 0 Å². The molecule has 1 aliphatic heterocycles. The zero-order chi connectivity index (χ0) is 7.40. The van der Waals surface area contributed by atoms with E-state index in [0.29, 0.717) is 11.5 Å². The Labute approximate surface area is 67.9 Å². The van der Waals surface area contributed by atoms with Crippen molar-refractivity contribution in [2.75, 3.05) is 11.5 Å². The zero-order valence-electron chi connectivity index (χ0n) is 5.16. The van der Waals surface area contributed by atoms with Crippen molar-refractivity contribution in [2.24, 2.45) is 4.99 Å². The molecule has 0 bridgehead atoms. The molecule has 0 aromatic rings. The molecular formula is C6H5NOS2. The maximum Gasteiger partial charge on any atom is 0.257 e. The van der Waals surface area contributed by atoms with Gasteiger partial charge in [0.15, 0.2) is 0 Å². The van der Waals surface area contributed by atoms with Crippen molar-refractivity contribution in [3.8, 4) is 12.3 Å². The highest BCUT2D eigenvalue weighted by atomic mass is 32.2. The summed E-state index contributed by atoms with van der Waals surface area (Å²) in [6.45, 7) is 0. The number of hydrogen-bond acceptors (Lipinski definition) is 3. The number of amides is 1. The van der Waals surface area contributed by atoms with E-state index in [1.54, 1.807) is 0 Å².